The molecule has 7 nitrogen and oxygen atoms in total. The normalized spacial score (nSPS) is 10.1. The van der Waals surface area contributed by atoms with Crippen LogP contribution in [-0.2, 0) is 4.79 Å². The maximum atomic E-state index is 12.4. The van der Waals surface area contributed by atoms with Gasteiger partial charge in [0.15, 0.2) is 18.1 Å². The van der Waals surface area contributed by atoms with Gasteiger partial charge in [-0.2, -0.15) is 0 Å². The van der Waals surface area contributed by atoms with Gasteiger partial charge in [-0.3, -0.25) is 14.6 Å². The summed E-state index contributed by atoms with van der Waals surface area (Å²) in [5.41, 5.74) is 1.37. The van der Waals surface area contributed by atoms with E-state index in [-0.39, 0.29) is 18.4 Å². The first kappa shape index (κ1) is 19.9. The van der Waals surface area contributed by atoms with Crippen LogP contribution in [0.25, 0.3) is 0 Å². The number of rotatable bonds is 8. The van der Waals surface area contributed by atoms with Crippen molar-refractivity contribution in [2.24, 2.45) is 0 Å². The molecular weight excluding hydrogens is 370 g/mol. The second-order valence-electron chi connectivity index (χ2n) is 5.96. The van der Waals surface area contributed by atoms with Crippen molar-refractivity contribution >= 4 is 23.2 Å². The molecule has 0 saturated carbocycles. The average molecular weight is 391 g/mol. The number of aromatic nitrogens is 1. The van der Waals surface area contributed by atoms with Gasteiger partial charge in [0, 0.05) is 12.4 Å². The minimum Gasteiger partial charge on any atom is -0.490 e. The average Bonchev–Trinajstić information content (AvgIpc) is 2.75. The van der Waals surface area contributed by atoms with Crippen molar-refractivity contribution in [1.29, 1.82) is 0 Å². The Kier molecular flexibility index (Phi) is 6.78. The zero-order valence-corrected chi connectivity index (χ0v) is 15.9. The van der Waals surface area contributed by atoms with Gasteiger partial charge >= 0.3 is 0 Å². The Balaban J connectivity index is 1.63. The largest absolute Gasteiger partial charge is 0.490 e. The number of para-hydroxylation sites is 4. The van der Waals surface area contributed by atoms with Crippen LogP contribution < -0.4 is 20.1 Å². The zero-order valence-electron chi connectivity index (χ0n) is 15.9. The molecule has 0 saturated heterocycles. The van der Waals surface area contributed by atoms with E-state index in [1.807, 2.05) is 13.0 Å². The number of amides is 2. The second kappa shape index (κ2) is 9.89. The summed E-state index contributed by atoms with van der Waals surface area (Å²) in [5.74, 6) is 0.385. The van der Waals surface area contributed by atoms with Gasteiger partial charge in [-0.1, -0.05) is 24.3 Å². The van der Waals surface area contributed by atoms with Crippen LogP contribution in [0.4, 0.5) is 11.4 Å². The Morgan fingerprint density at radius 3 is 2.17 bits per heavy atom. The highest BCUT2D eigenvalue weighted by Crippen LogP contribution is 2.26. The Morgan fingerprint density at radius 2 is 1.52 bits per heavy atom. The molecular formula is C22H21N3O4. The fourth-order valence-electron chi connectivity index (χ4n) is 2.57. The van der Waals surface area contributed by atoms with Crippen molar-refractivity contribution in [3.63, 3.8) is 0 Å². The number of hydrogen-bond acceptors (Lipinski definition) is 5. The number of nitrogens with zero attached hydrogens (tertiary/aromatic N) is 1. The van der Waals surface area contributed by atoms with Crippen LogP contribution in [0.3, 0.4) is 0 Å². The van der Waals surface area contributed by atoms with Gasteiger partial charge in [-0.15, -0.1) is 0 Å². The molecule has 2 aromatic carbocycles. The minimum absolute atomic E-state index is 0.199. The van der Waals surface area contributed by atoms with Crippen molar-refractivity contribution in [1.82, 2.24) is 4.98 Å². The van der Waals surface area contributed by atoms with Crippen molar-refractivity contribution in [2.45, 2.75) is 6.92 Å². The minimum atomic E-state index is -0.362. The molecule has 0 unspecified atom stereocenters. The molecule has 0 bridgehead atoms. The Bertz CT molecular complexity index is 977. The molecule has 1 heterocycles. The van der Waals surface area contributed by atoms with E-state index >= 15 is 0 Å². The fourth-order valence-corrected chi connectivity index (χ4v) is 2.57. The lowest BCUT2D eigenvalue weighted by Gasteiger charge is -2.14. The van der Waals surface area contributed by atoms with Crippen LogP contribution in [-0.4, -0.2) is 30.0 Å². The van der Waals surface area contributed by atoms with Gasteiger partial charge in [0.1, 0.15) is 0 Å². The molecule has 2 N–H and O–H groups in total. The predicted molar refractivity (Wildman–Crippen MR) is 110 cm³/mol. The lowest BCUT2D eigenvalue weighted by molar-refractivity contribution is -0.118. The molecule has 0 atom stereocenters. The summed E-state index contributed by atoms with van der Waals surface area (Å²) in [7, 11) is 0. The van der Waals surface area contributed by atoms with E-state index in [1.54, 1.807) is 60.8 Å². The lowest BCUT2D eigenvalue weighted by atomic mass is 10.2. The van der Waals surface area contributed by atoms with Gasteiger partial charge in [-0.25, -0.2) is 0 Å². The monoisotopic (exact) mass is 391 g/mol. The molecule has 7 heteroatoms. The van der Waals surface area contributed by atoms with E-state index < -0.39 is 0 Å². The highest BCUT2D eigenvalue weighted by atomic mass is 16.5. The van der Waals surface area contributed by atoms with E-state index in [0.717, 1.165) is 0 Å². The topological polar surface area (TPSA) is 89.5 Å². The number of hydrogen-bond donors (Lipinski definition) is 2. The number of nitrogens with one attached hydrogen (secondary N) is 2. The predicted octanol–water partition coefficient (Wildman–Crippen LogP) is 3.75. The summed E-state index contributed by atoms with van der Waals surface area (Å²) in [5, 5.41) is 5.53. The highest BCUT2D eigenvalue weighted by Gasteiger charge is 2.12. The molecule has 1 aromatic heterocycles. The van der Waals surface area contributed by atoms with E-state index in [2.05, 4.69) is 15.6 Å². The lowest BCUT2D eigenvalue weighted by Crippen LogP contribution is -2.22. The quantitative estimate of drug-likeness (QED) is 0.610. The number of benzene rings is 2. The number of carbonyl (C=O) groups excluding carboxylic acids is 2. The van der Waals surface area contributed by atoms with Crippen LogP contribution in [0.1, 0.15) is 17.3 Å². The molecule has 0 aliphatic heterocycles. The third-order valence-corrected chi connectivity index (χ3v) is 3.88. The first-order valence-electron chi connectivity index (χ1n) is 9.12. The van der Waals surface area contributed by atoms with Gasteiger partial charge in [0.2, 0.25) is 0 Å². The molecule has 29 heavy (non-hydrogen) atoms. The fraction of sp³-hybridized carbons (Fsp3) is 0.136. The number of carbonyl (C=O) groups is 2. The third-order valence-electron chi connectivity index (χ3n) is 3.88. The van der Waals surface area contributed by atoms with Crippen molar-refractivity contribution in [2.75, 3.05) is 23.8 Å². The number of pyridine rings is 1. The van der Waals surface area contributed by atoms with Crippen LogP contribution in [0.5, 0.6) is 11.5 Å². The SMILES string of the molecule is CCOc1ccccc1OCC(=O)Nc1ccccc1NC(=O)c1cccnc1. The highest BCUT2D eigenvalue weighted by molar-refractivity contribution is 6.07. The first-order valence-corrected chi connectivity index (χ1v) is 9.12. The van der Waals surface area contributed by atoms with E-state index in [1.165, 1.54) is 6.20 Å². The van der Waals surface area contributed by atoms with Crippen LogP contribution in [0.2, 0.25) is 0 Å². The molecule has 3 rings (SSSR count). The van der Waals surface area contributed by atoms with Crippen molar-refractivity contribution in [3.8, 4) is 11.5 Å². The number of anilines is 2. The maximum absolute atomic E-state index is 12.4. The standard InChI is InChI=1S/C22H21N3O4/c1-2-28-19-11-5-6-12-20(19)29-15-21(26)24-17-9-3-4-10-18(17)25-22(27)16-8-7-13-23-14-16/h3-14H,2,15H2,1H3,(H,24,26)(H,25,27). The Labute approximate surface area is 168 Å². The smallest absolute Gasteiger partial charge is 0.262 e. The third kappa shape index (κ3) is 5.55. The summed E-state index contributed by atoms with van der Waals surface area (Å²) in [6.45, 7) is 2.17. The molecule has 0 radical (unpaired) electrons. The summed E-state index contributed by atoms with van der Waals surface area (Å²) < 4.78 is 11.1. The molecule has 0 aliphatic rings. The Hall–Kier alpha value is -3.87. The van der Waals surface area contributed by atoms with E-state index in [4.69, 9.17) is 9.47 Å². The van der Waals surface area contributed by atoms with Gasteiger partial charge in [-0.05, 0) is 43.3 Å². The summed E-state index contributed by atoms with van der Waals surface area (Å²) in [6, 6.07) is 17.4. The number of ether oxygens (including phenoxy) is 2. The van der Waals surface area contributed by atoms with Gasteiger partial charge in [0.25, 0.3) is 11.8 Å². The zero-order chi connectivity index (χ0) is 20.5. The van der Waals surface area contributed by atoms with Crippen LogP contribution in [0.15, 0.2) is 73.1 Å². The van der Waals surface area contributed by atoms with Crippen molar-refractivity contribution in [3.05, 3.63) is 78.6 Å². The summed E-state index contributed by atoms with van der Waals surface area (Å²) >= 11 is 0. The second-order valence-corrected chi connectivity index (χ2v) is 5.96. The summed E-state index contributed by atoms with van der Waals surface area (Å²) in [6.07, 6.45) is 3.06. The molecule has 148 valence electrons. The van der Waals surface area contributed by atoms with Crippen molar-refractivity contribution < 1.29 is 19.1 Å². The molecule has 3 aromatic rings. The molecule has 2 amide bonds. The van der Waals surface area contributed by atoms with E-state index in [0.29, 0.717) is 35.0 Å². The molecule has 0 spiro atoms. The summed E-state index contributed by atoms with van der Waals surface area (Å²) in [4.78, 5) is 28.7. The van der Waals surface area contributed by atoms with E-state index in [9.17, 15) is 9.59 Å². The van der Waals surface area contributed by atoms with Crippen LogP contribution >= 0.6 is 0 Å². The first-order chi connectivity index (χ1) is 14.2. The Morgan fingerprint density at radius 1 is 0.862 bits per heavy atom. The molecule has 0 aliphatic carbocycles. The maximum Gasteiger partial charge on any atom is 0.262 e. The molecule has 0 fully saturated rings. The van der Waals surface area contributed by atoms with Crippen LogP contribution in [0, 0.1) is 0 Å². The van der Waals surface area contributed by atoms with Gasteiger partial charge in [0.05, 0.1) is 23.5 Å². The van der Waals surface area contributed by atoms with Gasteiger partial charge < -0.3 is 20.1 Å².